The molecule has 4 heteroatoms. The van der Waals surface area contributed by atoms with E-state index >= 15 is 0 Å². The highest BCUT2D eigenvalue weighted by Gasteiger charge is 2.23. The van der Waals surface area contributed by atoms with E-state index in [4.69, 9.17) is 0 Å². The maximum absolute atomic E-state index is 12.3. The monoisotopic (exact) mass is 287 g/mol. The highest BCUT2D eigenvalue weighted by atomic mass is 32.1. The van der Waals surface area contributed by atoms with Crippen LogP contribution in [0.1, 0.15) is 45.2 Å². The SMILES string of the molecule is Cc1ccc(C(=O)NC2CCCc3sccc32)cc1O. The van der Waals surface area contributed by atoms with Crippen LogP contribution in [-0.2, 0) is 6.42 Å². The molecule has 1 atom stereocenters. The van der Waals surface area contributed by atoms with Crippen LogP contribution in [-0.4, -0.2) is 11.0 Å². The summed E-state index contributed by atoms with van der Waals surface area (Å²) in [5.74, 6) is 0.0434. The van der Waals surface area contributed by atoms with Crippen LogP contribution < -0.4 is 5.32 Å². The number of fused-ring (bicyclic) bond motifs is 1. The summed E-state index contributed by atoms with van der Waals surface area (Å²) in [5.41, 5.74) is 2.54. The van der Waals surface area contributed by atoms with Gasteiger partial charge in [0.2, 0.25) is 0 Å². The Balaban J connectivity index is 1.79. The third-order valence-electron chi connectivity index (χ3n) is 3.83. The molecule has 1 amide bonds. The minimum atomic E-state index is -0.121. The topological polar surface area (TPSA) is 49.3 Å². The Labute approximate surface area is 122 Å². The highest BCUT2D eigenvalue weighted by Crippen LogP contribution is 2.33. The first-order chi connectivity index (χ1) is 9.65. The van der Waals surface area contributed by atoms with Crippen LogP contribution in [0.15, 0.2) is 29.6 Å². The molecule has 1 aromatic carbocycles. The summed E-state index contributed by atoms with van der Waals surface area (Å²) >= 11 is 1.77. The van der Waals surface area contributed by atoms with Gasteiger partial charge in [-0.05, 0) is 60.9 Å². The van der Waals surface area contributed by atoms with Crippen molar-refractivity contribution in [2.75, 3.05) is 0 Å². The van der Waals surface area contributed by atoms with E-state index in [1.165, 1.54) is 16.5 Å². The Kier molecular flexibility index (Phi) is 3.49. The van der Waals surface area contributed by atoms with Crippen LogP contribution in [0.2, 0.25) is 0 Å². The van der Waals surface area contributed by atoms with Crippen molar-refractivity contribution in [1.82, 2.24) is 5.32 Å². The zero-order chi connectivity index (χ0) is 14.1. The predicted molar refractivity (Wildman–Crippen MR) is 80.3 cm³/mol. The fraction of sp³-hybridized carbons (Fsp3) is 0.312. The number of amides is 1. The van der Waals surface area contributed by atoms with Gasteiger partial charge >= 0.3 is 0 Å². The molecule has 0 saturated heterocycles. The first kappa shape index (κ1) is 13.2. The molecule has 0 radical (unpaired) electrons. The van der Waals surface area contributed by atoms with Crippen LogP contribution in [0.5, 0.6) is 5.75 Å². The second kappa shape index (κ2) is 5.29. The maximum Gasteiger partial charge on any atom is 0.251 e. The molecule has 104 valence electrons. The molecule has 1 aromatic heterocycles. The number of hydrogen-bond donors (Lipinski definition) is 2. The summed E-state index contributed by atoms with van der Waals surface area (Å²) in [6, 6.07) is 7.25. The van der Waals surface area contributed by atoms with E-state index in [0.29, 0.717) is 5.56 Å². The smallest absolute Gasteiger partial charge is 0.251 e. The third kappa shape index (κ3) is 2.43. The number of carbonyl (C=O) groups excluding carboxylic acids is 1. The van der Waals surface area contributed by atoms with Crippen molar-refractivity contribution in [3.05, 3.63) is 51.2 Å². The van der Waals surface area contributed by atoms with Gasteiger partial charge in [0.05, 0.1) is 6.04 Å². The van der Waals surface area contributed by atoms with Crippen molar-refractivity contribution >= 4 is 17.2 Å². The van der Waals surface area contributed by atoms with Crippen molar-refractivity contribution in [1.29, 1.82) is 0 Å². The molecule has 2 N–H and O–H groups in total. The van der Waals surface area contributed by atoms with Gasteiger partial charge in [0.25, 0.3) is 5.91 Å². The largest absolute Gasteiger partial charge is 0.508 e. The zero-order valence-electron chi connectivity index (χ0n) is 11.3. The molecule has 2 aromatic rings. The minimum absolute atomic E-state index is 0.0981. The van der Waals surface area contributed by atoms with Crippen molar-refractivity contribution in [3.8, 4) is 5.75 Å². The van der Waals surface area contributed by atoms with Gasteiger partial charge in [0.1, 0.15) is 5.75 Å². The van der Waals surface area contributed by atoms with E-state index in [9.17, 15) is 9.90 Å². The van der Waals surface area contributed by atoms with Crippen LogP contribution in [0.25, 0.3) is 0 Å². The third-order valence-corrected chi connectivity index (χ3v) is 4.83. The van der Waals surface area contributed by atoms with Gasteiger partial charge in [-0.3, -0.25) is 4.79 Å². The maximum atomic E-state index is 12.3. The molecule has 0 bridgehead atoms. The molecule has 1 unspecified atom stereocenters. The lowest BCUT2D eigenvalue weighted by Gasteiger charge is -2.23. The first-order valence-electron chi connectivity index (χ1n) is 6.82. The number of aryl methyl sites for hydroxylation is 2. The molecule has 3 nitrogen and oxygen atoms in total. The molecule has 0 saturated carbocycles. The van der Waals surface area contributed by atoms with Crippen molar-refractivity contribution in [3.63, 3.8) is 0 Å². The number of phenolic OH excluding ortho intramolecular Hbond substituents is 1. The van der Waals surface area contributed by atoms with E-state index in [1.54, 1.807) is 23.5 Å². The summed E-state index contributed by atoms with van der Waals surface area (Å²) in [5, 5.41) is 14.9. The van der Waals surface area contributed by atoms with Gasteiger partial charge in [-0.2, -0.15) is 0 Å². The van der Waals surface area contributed by atoms with Gasteiger partial charge in [-0.1, -0.05) is 6.07 Å². The number of carbonyl (C=O) groups is 1. The van der Waals surface area contributed by atoms with E-state index < -0.39 is 0 Å². The zero-order valence-corrected chi connectivity index (χ0v) is 12.2. The molecular weight excluding hydrogens is 270 g/mol. The molecule has 0 aliphatic heterocycles. The Morgan fingerprint density at radius 1 is 1.40 bits per heavy atom. The van der Waals surface area contributed by atoms with Crippen LogP contribution >= 0.6 is 11.3 Å². The average Bonchev–Trinajstić information content (AvgIpc) is 2.91. The first-order valence-corrected chi connectivity index (χ1v) is 7.70. The Morgan fingerprint density at radius 3 is 3.05 bits per heavy atom. The quantitative estimate of drug-likeness (QED) is 0.887. The van der Waals surface area contributed by atoms with Gasteiger partial charge in [-0.15, -0.1) is 11.3 Å². The van der Waals surface area contributed by atoms with Gasteiger partial charge in [0, 0.05) is 10.4 Å². The Morgan fingerprint density at radius 2 is 2.25 bits per heavy atom. The van der Waals surface area contributed by atoms with Crippen molar-refractivity contribution in [2.45, 2.75) is 32.2 Å². The minimum Gasteiger partial charge on any atom is -0.508 e. The van der Waals surface area contributed by atoms with Crippen LogP contribution in [0.3, 0.4) is 0 Å². The Hall–Kier alpha value is -1.81. The van der Waals surface area contributed by atoms with Crippen molar-refractivity contribution in [2.24, 2.45) is 0 Å². The molecule has 20 heavy (non-hydrogen) atoms. The predicted octanol–water partition coefficient (Wildman–Crippen LogP) is 3.57. The number of nitrogens with one attached hydrogen (secondary N) is 1. The summed E-state index contributed by atoms with van der Waals surface area (Å²) in [4.78, 5) is 13.7. The Bertz CT molecular complexity index is 648. The molecule has 0 spiro atoms. The van der Waals surface area contributed by atoms with Gasteiger partial charge < -0.3 is 10.4 Å². The van der Waals surface area contributed by atoms with Crippen molar-refractivity contribution < 1.29 is 9.90 Å². The normalized spacial score (nSPS) is 17.6. The molecular formula is C16H17NO2S. The molecule has 3 rings (SSSR count). The lowest BCUT2D eigenvalue weighted by atomic mass is 9.94. The lowest BCUT2D eigenvalue weighted by molar-refractivity contribution is 0.0932. The molecule has 1 aliphatic rings. The number of rotatable bonds is 2. The second-order valence-corrected chi connectivity index (χ2v) is 6.22. The summed E-state index contributed by atoms with van der Waals surface area (Å²) in [7, 11) is 0. The van der Waals surface area contributed by atoms with Crippen LogP contribution in [0, 0.1) is 6.92 Å². The molecule has 1 heterocycles. The number of hydrogen-bond acceptors (Lipinski definition) is 3. The number of phenols is 1. The summed E-state index contributed by atoms with van der Waals surface area (Å²) in [6.45, 7) is 1.82. The lowest BCUT2D eigenvalue weighted by Crippen LogP contribution is -2.30. The van der Waals surface area contributed by atoms with E-state index in [1.807, 2.05) is 6.92 Å². The fourth-order valence-corrected chi connectivity index (χ4v) is 3.62. The summed E-state index contributed by atoms with van der Waals surface area (Å²) < 4.78 is 0. The van der Waals surface area contributed by atoms with Crippen LogP contribution in [0.4, 0.5) is 0 Å². The van der Waals surface area contributed by atoms with Gasteiger partial charge in [0.15, 0.2) is 0 Å². The van der Waals surface area contributed by atoms with E-state index in [0.717, 1.165) is 24.8 Å². The standard InChI is InChI=1S/C16H17NO2S/c1-10-5-6-11(9-14(10)18)16(19)17-13-3-2-4-15-12(13)7-8-20-15/h5-9,13,18H,2-4H2,1H3,(H,17,19). The number of benzene rings is 1. The summed E-state index contributed by atoms with van der Waals surface area (Å²) in [6.07, 6.45) is 3.20. The fourth-order valence-electron chi connectivity index (χ4n) is 2.63. The van der Waals surface area contributed by atoms with Gasteiger partial charge in [-0.25, -0.2) is 0 Å². The molecule has 1 aliphatic carbocycles. The van der Waals surface area contributed by atoms with E-state index in [-0.39, 0.29) is 17.7 Å². The number of thiophene rings is 1. The highest BCUT2D eigenvalue weighted by molar-refractivity contribution is 7.10. The number of aromatic hydroxyl groups is 1. The average molecular weight is 287 g/mol. The molecule has 0 fully saturated rings. The van der Waals surface area contributed by atoms with E-state index in [2.05, 4.69) is 16.8 Å². The second-order valence-electron chi connectivity index (χ2n) is 5.22.